The molecule has 1 heterocycles. The second-order valence-electron chi connectivity index (χ2n) is 6.52. The fourth-order valence-electron chi connectivity index (χ4n) is 2.74. The molecule has 0 radical (unpaired) electrons. The molecule has 1 atom stereocenters. The summed E-state index contributed by atoms with van der Waals surface area (Å²) in [5, 5.41) is 11.3. The molecule has 2 rings (SSSR count). The van der Waals surface area contributed by atoms with Gasteiger partial charge in [0.2, 0.25) is 5.92 Å². The average Bonchev–Trinajstić information content (AvgIpc) is 2.51. The van der Waals surface area contributed by atoms with E-state index in [4.69, 9.17) is 14.6 Å². The van der Waals surface area contributed by atoms with Gasteiger partial charge in [0.15, 0.2) is 5.78 Å². The summed E-state index contributed by atoms with van der Waals surface area (Å²) in [7, 11) is 0. The monoisotopic (exact) mass is 363 g/mol. The number of benzene rings is 1. The van der Waals surface area contributed by atoms with Crippen LogP contribution in [0.25, 0.3) is 0 Å². The number of amides is 1. The second kappa shape index (κ2) is 7.99. The summed E-state index contributed by atoms with van der Waals surface area (Å²) >= 11 is 0. The van der Waals surface area contributed by atoms with Crippen LogP contribution in [0, 0.1) is 5.92 Å². The number of carbonyl (C=O) groups excluding carboxylic acids is 3. The van der Waals surface area contributed by atoms with Crippen LogP contribution in [-0.4, -0.2) is 40.8 Å². The van der Waals surface area contributed by atoms with Gasteiger partial charge < -0.3 is 19.9 Å². The molecule has 0 spiro atoms. The summed E-state index contributed by atoms with van der Waals surface area (Å²) in [6.07, 6.45) is -0.850. The molecule has 1 saturated heterocycles. The molecule has 0 bridgehead atoms. The maximum atomic E-state index is 12.3. The van der Waals surface area contributed by atoms with Crippen molar-refractivity contribution in [2.45, 2.75) is 44.9 Å². The Balaban J connectivity index is 1.99. The first-order chi connectivity index (χ1) is 12.2. The summed E-state index contributed by atoms with van der Waals surface area (Å²) < 4.78 is 9.86. The highest BCUT2D eigenvalue weighted by atomic mass is 16.7. The zero-order valence-corrected chi connectivity index (χ0v) is 14.6. The van der Waals surface area contributed by atoms with Gasteiger partial charge in [-0.3, -0.25) is 14.4 Å². The van der Waals surface area contributed by atoms with E-state index in [0.717, 1.165) is 5.56 Å². The minimum absolute atomic E-state index is 0.139. The largest absolute Gasteiger partial charge is 0.465 e. The molecule has 0 aliphatic carbocycles. The topological polar surface area (TPSA) is 119 Å². The van der Waals surface area contributed by atoms with Crippen molar-refractivity contribution >= 4 is 23.8 Å². The second-order valence-corrected chi connectivity index (χ2v) is 6.52. The molecule has 8 nitrogen and oxygen atoms in total. The number of rotatable bonds is 7. The smallest absolute Gasteiger partial charge is 0.404 e. The molecule has 1 aliphatic heterocycles. The van der Waals surface area contributed by atoms with Crippen LogP contribution in [0.5, 0.6) is 0 Å². The van der Waals surface area contributed by atoms with Gasteiger partial charge in [-0.05, 0) is 18.4 Å². The van der Waals surface area contributed by atoms with Gasteiger partial charge in [-0.1, -0.05) is 30.3 Å². The van der Waals surface area contributed by atoms with Crippen molar-refractivity contribution in [1.82, 2.24) is 5.32 Å². The molecule has 1 aromatic carbocycles. The predicted molar refractivity (Wildman–Crippen MR) is 89.1 cm³/mol. The lowest BCUT2D eigenvalue weighted by molar-refractivity contribution is -0.238. The summed E-state index contributed by atoms with van der Waals surface area (Å²) in [5.74, 6) is -5.55. The van der Waals surface area contributed by atoms with Crippen LogP contribution in [0.2, 0.25) is 0 Å². The van der Waals surface area contributed by atoms with Crippen molar-refractivity contribution in [3.8, 4) is 0 Å². The van der Waals surface area contributed by atoms with E-state index in [0.29, 0.717) is 6.42 Å². The number of esters is 2. The van der Waals surface area contributed by atoms with E-state index in [9.17, 15) is 19.2 Å². The van der Waals surface area contributed by atoms with Crippen LogP contribution in [0.15, 0.2) is 30.3 Å². The quantitative estimate of drug-likeness (QED) is 0.558. The van der Waals surface area contributed by atoms with Crippen molar-refractivity contribution < 1.29 is 33.8 Å². The highest BCUT2D eigenvalue weighted by Gasteiger charge is 2.46. The number of carbonyl (C=O) groups is 4. The van der Waals surface area contributed by atoms with E-state index in [2.05, 4.69) is 5.32 Å². The number of nitrogens with one attached hydrogen (secondary N) is 1. The SMILES string of the molecule is CC1(C)OC(=O)C(C(=O)CC[C@H](Cc2ccccc2)NC(=O)O)C(=O)O1. The van der Waals surface area contributed by atoms with Crippen molar-refractivity contribution in [3.05, 3.63) is 35.9 Å². The van der Waals surface area contributed by atoms with Crippen LogP contribution in [-0.2, 0) is 30.3 Å². The molecule has 26 heavy (non-hydrogen) atoms. The molecule has 1 aromatic rings. The van der Waals surface area contributed by atoms with Crippen LogP contribution in [0.3, 0.4) is 0 Å². The normalized spacial score (nSPS) is 17.8. The zero-order valence-electron chi connectivity index (χ0n) is 14.6. The fraction of sp³-hybridized carbons (Fsp3) is 0.444. The van der Waals surface area contributed by atoms with Gasteiger partial charge in [0.05, 0.1) is 0 Å². The van der Waals surface area contributed by atoms with Crippen LogP contribution in [0.1, 0.15) is 32.3 Å². The fourth-order valence-corrected chi connectivity index (χ4v) is 2.74. The summed E-state index contributed by atoms with van der Waals surface area (Å²) in [6.45, 7) is 2.80. The standard InChI is InChI=1S/C18H21NO7/c1-18(2)25-15(21)14(16(22)26-18)13(20)9-8-12(19-17(23)24)10-11-6-4-3-5-7-11/h3-7,12,14,19H,8-10H2,1-2H3,(H,23,24)/t12-/m1/s1. The minimum Gasteiger partial charge on any atom is -0.465 e. The Hall–Kier alpha value is -2.90. The first-order valence-electron chi connectivity index (χ1n) is 8.20. The van der Waals surface area contributed by atoms with Crippen LogP contribution < -0.4 is 5.32 Å². The van der Waals surface area contributed by atoms with E-state index in [-0.39, 0.29) is 12.8 Å². The number of carboxylic acid groups (broad SMARTS) is 1. The van der Waals surface area contributed by atoms with Gasteiger partial charge in [0.25, 0.3) is 5.79 Å². The van der Waals surface area contributed by atoms with Gasteiger partial charge >= 0.3 is 18.0 Å². The maximum absolute atomic E-state index is 12.3. The lowest BCUT2D eigenvalue weighted by Crippen LogP contribution is -2.49. The number of hydrogen-bond acceptors (Lipinski definition) is 6. The molecular formula is C18H21NO7. The Labute approximate surface area is 150 Å². The predicted octanol–water partition coefficient (Wildman–Crippen LogP) is 1.67. The summed E-state index contributed by atoms with van der Waals surface area (Å²) in [5.41, 5.74) is 0.900. The third-order valence-corrected chi connectivity index (χ3v) is 3.88. The van der Waals surface area contributed by atoms with Gasteiger partial charge in [0.1, 0.15) is 0 Å². The molecular weight excluding hydrogens is 342 g/mol. The number of ether oxygens (including phenoxy) is 2. The first-order valence-corrected chi connectivity index (χ1v) is 8.20. The number of Topliss-reactive ketones (excluding diaryl/α,β-unsaturated/α-hetero) is 1. The lowest BCUT2D eigenvalue weighted by atomic mass is 9.95. The lowest BCUT2D eigenvalue weighted by Gasteiger charge is -2.32. The maximum Gasteiger partial charge on any atom is 0.404 e. The Morgan fingerprint density at radius 1 is 1.15 bits per heavy atom. The van der Waals surface area contributed by atoms with E-state index < -0.39 is 41.6 Å². The van der Waals surface area contributed by atoms with Crippen molar-refractivity contribution in [1.29, 1.82) is 0 Å². The summed E-state index contributed by atoms with van der Waals surface area (Å²) in [6, 6.07) is 8.65. The van der Waals surface area contributed by atoms with E-state index >= 15 is 0 Å². The van der Waals surface area contributed by atoms with Gasteiger partial charge in [-0.2, -0.15) is 0 Å². The number of hydrogen-bond donors (Lipinski definition) is 2. The summed E-state index contributed by atoms with van der Waals surface area (Å²) in [4.78, 5) is 47.1. The molecule has 0 aromatic heterocycles. The molecule has 8 heteroatoms. The Morgan fingerprint density at radius 2 is 1.73 bits per heavy atom. The number of cyclic esters (lactones) is 2. The molecule has 140 valence electrons. The van der Waals surface area contributed by atoms with E-state index in [1.54, 1.807) is 0 Å². The molecule has 0 unspecified atom stereocenters. The van der Waals surface area contributed by atoms with E-state index in [1.165, 1.54) is 13.8 Å². The van der Waals surface area contributed by atoms with Crippen molar-refractivity contribution in [3.63, 3.8) is 0 Å². The Morgan fingerprint density at radius 3 is 2.27 bits per heavy atom. The van der Waals surface area contributed by atoms with Crippen molar-refractivity contribution in [2.75, 3.05) is 0 Å². The Kier molecular flexibility index (Phi) is 5.97. The Bertz CT molecular complexity index is 679. The van der Waals surface area contributed by atoms with Crippen molar-refractivity contribution in [2.24, 2.45) is 5.92 Å². The minimum atomic E-state index is -1.62. The average molecular weight is 363 g/mol. The van der Waals surface area contributed by atoms with Gasteiger partial charge in [-0.15, -0.1) is 0 Å². The third kappa shape index (κ3) is 5.30. The number of ketones is 1. The molecule has 1 aliphatic rings. The molecule has 0 saturated carbocycles. The highest BCUT2D eigenvalue weighted by Crippen LogP contribution is 2.25. The van der Waals surface area contributed by atoms with Crippen LogP contribution in [0.4, 0.5) is 4.79 Å². The molecule has 1 fully saturated rings. The molecule has 1 amide bonds. The molecule has 2 N–H and O–H groups in total. The zero-order chi connectivity index (χ0) is 19.3. The van der Waals surface area contributed by atoms with Gasteiger partial charge in [0, 0.05) is 26.3 Å². The third-order valence-electron chi connectivity index (χ3n) is 3.88. The first kappa shape index (κ1) is 19.4. The van der Waals surface area contributed by atoms with Crippen LogP contribution >= 0.6 is 0 Å². The van der Waals surface area contributed by atoms with Gasteiger partial charge in [-0.25, -0.2) is 4.79 Å². The van der Waals surface area contributed by atoms with E-state index in [1.807, 2.05) is 30.3 Å². The highest BCUT2D eigenvalue weighted by molar-refractivity contribution is 6.15.